The van der Waals surface area contributed by atoms with Gasteiger partial charge in [-0.1, -0.05) is 23.9 Å². The first-order valence-corrected chi connectivity index (χ1v) is 5.67. The summed E-state index contributed by atoms with van der Waals surface area (Å²) in [5, 5.41) is 0. The van der Waals surface area contributed by atoms with E-state index in [-0.39, 0.29) is 26.9 Å². The molecule has 1 radical (unpaired) electrons. The van der Waals surface area contributed by atoms with Gasteiger partial charge in [0.05, 0.1) is 6.67 Å². The van der Waals surface area contributed by atoms with E-state index in [0.29, 0.717) is 0 Å². The van der Waals surface area contributed by atoms with E-state index >= 15 is 0 Å². The zero-order chi connectivity index (χ0) is 11.5. The maximum Gasteiger partial charge on any atom is 2.00 e. The third kappa shape index (κ3) is 3.45. The molecular formula is C16H16N2Rh. The van der Waals surface area contributed by atoms with Crippen molar-refractivity contribution in [3.8, 4) is 0 Å². The van der Waals surface area contributed by atoms with Crippen LogP contribution in [-0.2, 0) is 19.5 Å². The van der Waals surface area contributed by atoms with Gasteiger partial charge < -0.3 is 17.2 Å². The Labute approximate surface area is 128 Å². The molecule has 2 aromatic carbocycles. The average Bonchev–Trinajstić information content (AvgIpc) is 2.90. The zero-order valence-corrected chi connectivity index (χ0v) is 12.4. The Bertz CT molecular complexity index is 463. The Morgan fingerprint density at radius 1 is 0.842 bits per heavy atom. The molecule has 0 saturated heterocycles. The number of nitrogens with zero attached hydrogens (tertiary/aromatic N) is 2. The predicted octanol–water partition coefficient (Wildman–Crippen LogP) is 3.69. The summed E-state index contributed by atoms with van der Waals surface area (Å²) in [6, 6.07) is 21.6. The van der Waals surface area contributed by atoms with Gasteiger partial charge in [0.15, 0.2) is 0 Å². The van der Waals surface area contributed by atoms with Crippen LogP contribution in [0.4, 0.5) is 11.4 Å². The number of hydrogen-bond donors (Lipinski definition) is 0. The fourth-order valence-electron chi connectivity index (χ4n) is 1.93. The van der Waals surface area contributed by atoms with Crippen molar-refractivity contribution in [2.24, 2.45) is 0 Å². The van der Waals surface area contributed by atoms with Gasteiger partial charge in [-0.2, -0.15) is 24.3 Å². The second-order valence-electron chi connectivity index (χ2n) is 3.96. The SMILES string of the molecule is [CH3-].[Rh+2].[c-]1ccccc1N1C=CN(c2ccccc2)C1. The van der Waals surface area contributed by atoms with E-state index in [1.807, 2.05) is 24.3 Å². The number of rotatable bonds is 2. The van der Waals surface area contributed by atoms with E-state index in [0.717, 1.165) is 12.4 Å². The number of anilines is 2. The molecule has 0 saturated carbocycles. The van der Waals surface area contributed by atoms with Crippen molar-refractivity contribution < 1.29 is 19.5 Å². The van der Waals surface area contributed by atoms with E-state index in [4.69, 9.17) is 0 Å². The van der Waals surface area contributed by atoms with Crippen LogP contribution < -0.4 is 9.80 Å². The van der Waals surface area contributed by atoms with Crippen LogP contribution in [0.2, 0.25) is 0 Å². The quantitative estimate of drug-likeness (QED) is 0.608. The largest absolute Gasteiger partial charge is 2.00 e. The van der Waals surface area contributed by atoms with E-state index in [1.54, 1.807) is 0 Å². The summed E-state index contributed by atoms with van der Waals surface area (Å²) in [5.74, 6) is 0. The maximum atomic E-state index is 3.23. The Balaban J connectivity index is 0.000000902. The topological polar surface area (TPSA) is 6.48 Å². The van der Waals surface area contributed by atoms with Crippen LogP contribution in [0, 0.1) is 13.5 Å². The molecule has 3 heteroatoms. The molecule has 0 aromatic heterocycles. The third-order valence-corrected chi connectivity index (χ3v) is 2.82. The van der Waals surface area contributed by atoms with Gasteiger partial charge in [0.1, 0.15) is 0 Å². The summed E-state index contributed by atoms with van der Waals surface area (Å²) in [5.41, 5.74) is 2.31. The van der Waals surface area contributed by atoms with Crippen LogP contribution in [0.1, 0.15) is 0 Å². The molecule has 1 aliphatic heterocycles. The smallest absolute Gasteiger partial charge is 0.358 e. The van der Waals surface area contributed by atoms with Crippen molar-refractivity contribution in [1.82, 2.24) is 0 Å². The van der Waals surface area contributed by atoms with Crippen molar-refractivity contribution >= 4 is 11.4 Å². The molecule has 2 aromatic rings. The predicted molar refractivity (Wildman–Crippen MR) is 77.1 cm³/mol. The Morgan fingerprint density at radius 3 is 2.21 bits per heavy atom. The minimum absolute atomic E-state index is 0. The molecule has 1 aliphatic rings. The molecule has 0 amide bonds. The Kier molecular flexibility index (Phi) is 5.78. The van der Waals surface area contributed by atoms with Crippen LogP contribution in [0.15, 0.2) is 67.0 Å². The van der Waals surface area contributed by atoms with Gasteiger partial charge in [0, 0.05) is 18.1 Å². The molecule has 0 atom stereocenters. The van der Waals surface area contributed by atoms with Crippen LogP contribution in [0.3, 0.4) is 0 Å². The first-order valence-electron chi connectivity index (χ1n) is 5.67. The molecular weight excluding hydrogens is 323 g/mol. The Hall–Kier alpha value is -1.60. The summed E-state index contributed by atoms with van der Waals surface area (Å²) in [6.45, 7) is 0.838. The monoisotopic (exact) mass is 339 g/mol. The van der Waals surface area contributed by atoms with Crippen molar-refractivity contribution in [3.63, 3.8) is 0 Å². The second-order valence-corrected chi connectivity index (χ2v) is 3.96. The molecule has 0 unspecified atom stereocenters. The number of hydrogen-bond acceptors (Lipinski definition) is 2. The molecule has 1 heterocycles. The molecule has 0 bridgehead atoms. The van der Waals surface area contributed by atoms with Gasteiger partial charge in [-0.3, -0.25) is 0 Å². The summed E-state index contributed by atoms with van der Waals surface area (Å²) < 4.78 is 0. The molecule has 3 rings (SSSR count). The second kappa shape index (κ2) is 7.11. The molecule has 2 nitrogen and oxygen atoms in total. The molecule has 19 heavy (non-hydrogen) atoms. The summed E-state index contributed by atoms with van der Waals surface area (Å²) in [6.07, 6.45) is 4.18. The summed E-state index contributed by atoms with van der Waals surface area (Å²) >= 11 is 0. The van der Waals surface area contributed by atoms with Crippen molar-refractivity contribution in [2.75, 3.05) is 16.5 Å². The summed E-state index contributed by atoms with van der Waals surface area (Å²) in [7, 11) is 0. The average molecular weight is 339 g/mol. The summed E-state index contributed by atoms with van der Waals surface area (Å²) in [4.78, 5) is 4.38. The van der Waals surface area contributed by atoms with Crippen LogP contribution in [-0.4, -0.2) is 6.67 Å². The van der Waals surface area contributed by atoms with Crippen LogP contribution in [0.5, 0.6) is 0 Å². The number of benzene rings is 2. The molecule has 99 valence electrons. The van der Waals surface area contributed by atoms with Gasteiger partial charge in [-0.05, 0) is 12.1 Å². The molecule has 0 N–H and O–H groups in total. The minimum Gasteiger partial charge on any atom is -0.358 e. The first kappa shape index (κ1) is 15.5. The number of para-hydroxylation sites is 2. The molecule has 0 spiro atoms. The van der Waals surface area contributed by atoms with E-state index in [2.05, 4.69) is 58.6 Å². The Morgan fingerprint density at radius 2 is 1.53 bits per heavy atom. The normalized spacial score (nSPS) is 12.8. The van der Waals surface area contributed by atoms with E-state index < -0.39 is 0 Å². The van der Waals surface area contributed by atoms with E-state index in [1.165, 1.54) is 5.69 Å². The van der Waals surface area contributed by atoms with Crippen molar-refractivity contribution in [1.29, 1.82) is 0 Å². The van der Waals surface area contributed by atoms with Crippen molar-refractivity contribution in [2.45, 2.75) is 0 Å². The van der Waals surface area contributed by atoms with Gasteiger partial charge in [0.2, 0.25) is 0 Å². The minimum atomic E-state index is 0. The van der Waals surface area contributed by atoms with Crippen LogP contribution >= 0.6 is 0 Å². The molecule has 0 fully saturated rings. The van der Waals surface area contributed by atoms with E-state index in [9.17, 15) is 0 Å². The standard InChI is InChI=1S/C15H13N2.CH3.Rh/c1-3-7-14(8-4-1)16-11-12-17(13-16)15-9-5-2-6-10-15;;/h1-9,11-12H,13H2;1H3;/q2*-1;+2. The zero-order valence-electron chi connectivity index (χ0n) is 10.8. The van der Waals surface area contributed by atoms with Crippen LogP contribution in [0.25, 0.3) is 0 Å². The first-order chi connectivity index (χ1) is 8.43. The molecule has 0 aliphatic carbocycles. The fraction of sp³-hybridized carbons (Fsp3) is 0.0625. The van der Waals surface area contributed by atoms with Gasteiger partial charge in [0.25, 0.3) is 0 Å². The van der Waals surface area contributed by atoms with Crippen molar-refractivity contribution in [3.05, 3.63) is 80.5 Å². The maximum absolute atomic E-state index is 3.23. The third-order valence-electron chi connectivity index (χ3n) is 2.82. The van der Waals surface area contributed by atoms with Gasteiger partial charge in [-0.25, -0.2) is 0 Å². The van der Waals surface area contributed by atoms with Gasteiger partial charge in [-0.15, -0.1) is 6.07 Å². The fourth-order valence-corrected chi connectivity index (χ4v) is 1.93. The van der Waals surface area contributed by atoms with Gasteiger partial charge >= 0.3 is 19.5 Å².